The molecule has 0 fully saturated rings. The third-order valence-electron chi connectivity index (χ3n) is 4.74. The molecule has 3 rings (SSSR count). The third kappa shape index (κ3) is 4.72. The first-order valence-electron chi connectivity index (χ1n) is 9.55. The van der Waals surface area contributed by atoms with E-state index in [4.69, 9.17) is 9.26 Å². The van der Waals surface area contributed by atoms with Crippen LogP contribution in [0.25, 0.3) is 10.4 Å². The Balaban J connectivity index is 2.08. The SMILES string of the molecule is CCOP(=O)(Cc1cc(-c2ccc(F)cc2)sc1C(=O)OC)c1ccc(C)cc1C. The molecule has 1 atom stereocenters. The Hall–Kier alpha value is -2.27. The summed E-state index contributed by atoms with van der Waals surface area (Å²) >= 11 is 1.24. The smallest absolute Gasteiger partial charge is 0.348 e. The van der Waals surface area contributed by atoms with Gasteiger partial charge in [-0.1, -0.05) is 29.8 Å². The van der Waals surface area contributed by atoms with Crippen molar-refractivity contribution >= 4 is 30.0 Å². The summed E-state index contributed by atoms with van der Waals surface area (Å²) in [5.41, 5.74) is 3.34. The highest BCUT2D eigenvalue weighted by atomic mass is 32.1. The number of thiophene rings is 1. The van der Waals surface area contributed by atoms with Crippen LogP contribution in [-0.2, 0) is 20.0 Å². The van der Waals surface area contributed by atoms with E-state index in [1.807, 2.05) is 38.1 Å². The zero-order valence-electron chi connectivity index (χ0n) is 17.4. The molecule has 0 N–H and O–H groups in total. The number of hydrogen-bond donors (Lipinski definition) is 0. The van der Waals surface area contributed by atoms with Crippen molar-refractivity contribution in [3.63, 3.8) is 0 Å². The van der Waals surface area contributed by atoms with Crippen molar-refractivity contribution in [1.82, 2.24) is 0 Å². The number of halogens is 1. The van der Waals surface area contributed by atoms with E-state index in [9.17, 15) is 13.8 Å². The number of carbonyl (C=O) groups excluding carboxylic acids is 1. The minimum absolute atomic E-state index is 0.0763. The highest BCUT2D eigenvalue weighted by Crippen LogP contribution is 2.51. The molecule has 4 nitrogen and oxygen atoms in total. The Morgan fingerprint density at radius 1 is 1.10 bits per heavy atom. The van der Waals surface area contributed by atoms with Gasteiger partial charge in [0, 0.05) is 10.2 Å². The van der Waals surface area contributed by atoms with E-state index in [2.05, 4.69) is 0 Å². The molecule has 0 saturated carbocycles. The molecule has 2 aromatic carbocycles. The largest absolute Gasteiger partial charge is 0.465 e. The number of hydrogen-bond acceptors (Lipinski definition) is 5. The summed E-state index contributed by atoms with van der Waals surface area (Å²) in [6, 6.07) is 13.6. The van der Waals surface area contributed by atoms with Crippen LogP contribution >= 0.6 is 18.7 Å². The summed E-state index contributed by atoms with van der Waals surface area (Å²) in [4.78, 5) is 13.6. The van der Waals surface area contributed by atoms with Crippen molar-refractivity contribution in [2.45, 2.75) is 26.9 Å². The predicted octanol–water partition coefficient (Wildman–Crippen LogP) is 6.10. The number of esters is 1. The highest BCUT2D eigenvalue weighted by Gasteiger charge is 2.31. The molecule has 0 spiro atoms. The van der Waals surface area contributed by atoms with Crippen LogP contribution in [0, 0.1) is 19.7 Å². The zero-order valence-corrected chi connectivity index (χ0v) is 19.1. The minimum Gasteiger partial charge on any atom is -0.465 e. The summed E-state index contributed by atoms with van der Waals surface area (Å²) in [5, 5.41) is 0.653. The van der Waals surface area contributed by atoms with Crippen LogP contribution in [0.15, 0.2) is 48.5 Å². The van der Waals surface area contributed by atoms with Crippen LogP contribution in [0.5, 0.6) is 0 Å². The first kappa shape index (κ1) is 22.4. The van der Waals surface area contributed by atoms with Gasteiger partial charge in [0.15, 0.2) is 0 Å². The molecule has 1 unspecified atom stereocenters. The fraction of sp³-hybridized carbons (Fsp3) is 0.261. The van der Waals surface area contributed by atoms with E-state index in [-0.39, 0.29) is 18.6 Å². The zero-order chi connectivity index (χ0) is 21.9. The average molecular weight is 446 g/mol. The van der Waals surface area contributed by atoms with Gasteiger partial charge >= 0.3 is 5.97 Å². The number of benzene rings is 2. The van der Waals surface area contributed by atoms with Gasteiger partial charge in [0.05, 0.1) is 19.9 Å². The summed E-state index contributed by atoms with van der Waals surface area (Å²) in [6.45, 7) is 5.97. The van der Waals surface area contributed by atoms with Gasteiger partial charge in [0.1, 0.15) is 10.7 Å². The quantitative estimate of drug-likeness (QED) is 0.325. The molecule has 7 heteroatoms. The number of carbonyl (C=O) groups is 1. The molecule has 0 bridgehead atoms. The molecule has 0 amide bonds. The van der Waals surface area contributed by atoms with Crippen LogP contribution in [0.1, 0.15) is 33.3 Å². The lowest BCUT2D eigenvalue weighted by Crippen LogP contribution is -2.14. The Morgan fingerprint density at radius 3 is 2.40 bits per heavy atom. The van der Waals surface area contributed by atoms with Gasteiger partial charge < -0.3 is 9.26 Å². The third-order valence-corrected chi connectivity index (χ3v) is 8.62. The molecule has 30 heavy (non-hydrogen) atoms. The fourth-order valence-corrected chi connectivity index (χ4v) is 7.02. The number of ether oxygens (including phenoxy) is 1. The van der Waals surface area contributed by atoms with Gasteiger partial charge in [-0.25, -0.2) is 9.18 Å². The van der Waals surface area contributed by atoms with Gasteiger partial charge in [-0.2, -0.15) is 0 Å². The summed E-state index contributed by atoms with van der Waals surface area (Å²) in [5.74, 6) is -0.827. The Kier molecular flexibility index (Phi) is 6.91. The van der Waals surface area contributed by atoms with E-state index in [0.717, 1.165) is 21.6 Å². The van der Waals surface area contributed by atoms with Crippen molar-refractivity contribution in [1.29, 1.82) is 0 Å². The maximum atomic E-state index is 14.0. The van der Waals surface area contributed by atoms with E-state index < -0.39 is 13.3 Å². The second-order valence-electron chi connectivity index (χ2n) is 7.00. The minimum atomic E-state index is -3.28. The monoisotopic (exact) mass is 446 g/mol. The predicted molar refractivity (Wildman–Crippen MR) is 120 cm³/mol. The van der Waals surface area contributed by atoms with Gasteiger partial charge in [-0.05, 0) is 61.7 Å². The van der Waals surface area contributed by atoms with E-state index in [1.165, 1.54) is 30.6 Å². The topological polar surface area (TPSA) is 52.6 Å². The summed E-state index contributed by atoms with van der Waals surface area (Å²) < 4.78 is 38.0. The maximum absolute atomic E-state index is 14.0. The molecule has 1 heterocycles. The molecule has 3 aromatic rings. The highest BCUT2D eigenvalue weighted by molar-refractivity contribution is 7.66. The van der Waals surface area contributed by atoms with Gasteiger partial charge in [0.25, 0.3) is 0 Å². The molecule has 0 radical (unpaired) electrons. The van der Waals surface area contributed by atoms with Crippen molar-refractivity contribution < 1.29 is 23.0 Å². The van der Waals surface area contributed by atoms with Crippen LogP contribution < -0.4 is 5.30 Å². The van der Waals surface area contributed by atoms with E-state index >= 15 is 0 Å². The van der Waals surface area contributed by atoms with Crippen molar-refractivity contribution in [3.05, 3.63) is 75.9 Å². The van der Waals surface area contributed by atoms with E-state index in [1.54, 1.807) is 19.1 Å². The molecular formula is C23H24FO4PS. The standard InChI is InChI=1S/C23H24FO4PS/c1-5-28-29(26,20-11-6-15(2)12-16(20)3)14-18-13-21(30-22(18)23(25)27-4)17-7-9-19(24)10-8-17/h6-13H,5,14H2,1-4H3. The Labute approximate surface area is 180 Å². The maximum Gasteiger partial charge on any atom is 0.348 e. The Morgan fingerprint density at radius 2 is 1.80 bits per heavy atom. The fourth-order valence-electron chi connectivity index (χ4n) is 3.39. The lowest BCUT2D eigenvalue weighted by molar-refractivity contribution is 0.0605. The number of methoxy groups -OCH3 is 1. The van der Waals surface area contributed by atoms with Crippen molar-refractivity contribution in [3.8, 4) is 10.4 Å². The molecule has 0 aliphatic heterocycles. The molecule has 0 aliphatic rings. The first-order valence-corrected chi connectivity index (χ1v) is 12.2. The lowest BCUT2D eigenvalue weighted by Gasteiger charge is -2.20. The second-order valence-corrected chi connectivity index (χ2v) is 10.5. The van der Waals surface area contributed by atoms with Gasteiger partial charge in [0.2, 0.25) is 7.37 Å². The van der Waals surface area contributed by atoms with E-state index in [0.29, 0.717) is 15.7 Å². The summed E-state index contributed by atoms with van der Waals surface area (Å²) in [6.07, 6.45) is 0.0763. The van der Waals surface area contributed by atoms with Gasteiger partial charge in [-0.3, -0.25) is 4.57 Å². The lowest BCUT2D eigenvalue weighted by atomic mass is 10.1. The number of aryl methyl sites for hydroxylation is 2. The van der Waals surface area contributed by atoms with Crippen molar-refractivity contribution in [2.24, 2.45) is 0 Å². The molecule has 158 valence electrons. The normalized spacial score (nSPS) is 13.1. The van der Waals surface area contributed by atoms with Crippen LogP contribution in [0.2, 0.25) is 0 Å². The summed E-state index contributed by atoms with van der Waals surface area (Å²) in [7, 11) is -1.96. The molecule has 1 aromatic heterocycles. The molecule has 0 aliphatic carbocycles. The van der Waals surface area contributed by atoms with Gasteiger partial charge in [-0.15, -0.1) is 11.3 Å². The van der Waals surface area contributed by atoms with Crippen LogP contribution in [0.3, 0.4) is 0 Å². The number of rotatable bonds is 7. The van der Waals surface area contributed by atoms with Crippen LogP contribution in [-0.4, -0.2) is 19.7 Å². The molecular weight excluding hydrogens is 422 g/mol. The Bertz CT molecular complexity index is 1100. The molecule has 0 saturated heterocycles. The first-order chi connectivity index (χ1) is 14.3. The second kappa shape index (κ2) is 9.25. The van der Waals surface area contributed by atoms with Crippen LogP contribution in [0.4, 0.5) is 4.39 Å². The average Bonchev–Trinajstić information content (AvgIpc) is 3.11. The van der Waals surface area contributed by atoms with Crippen molar-refractivity contribution in [2.75, 3.05) is 13.7 Å².